The zero-order valence-corrected chi connectivity index (χ0v) is 12.7. The summed E-state index contributed by atoms with van der Waals surface area (Å²) in [6.45, 7) is 5.46. The molecule has 2 atom stereocenters. The summed E-state index contributed by atoms with van der Waals surface area (Å²) in [6, 6.07) is 4.86. The van der Waals surface area contributed by atoms with Crippen molar-refractivity contribution in [3.8, 4) is 0 Å². The highest BCUT2D eigenvalue weighted by atomic mass is 127. The average molecular weight is 358 g/mol. The number of hydrogen-bond donors (Lipinski definition) is 1. The highest BCUT2D eigenvalue weighted by molar-refractivity contribution is 14.1. The second kappa shape index (κ2) is 4.87. The minimum atomic E-state index is -0.466. The molecule has 1 aromatic rings. The van der Waals surface area contributed by atoms with Crippen molar-refractivity contribution >= 4 is 40.1 Å². The van der Waals surface area contributed by atoms with Gasteiger partial charge in [-0.1, -0.05) is 6.07 Å². The lowest BCUT2D eigenvalue weighted by Gasteiger charge is -2.36. The average Bonchev–Trinajstić information content (AvgIpc) is 2.31. The molecule has 4 nitrogen and oxygen atoms in total. The molecule has 1 aromatic carbocycles. The quantitative estimate of drug-likeness (QED) is 0.779. The van der Waals surface area contributed by atoms with E-state index in [-0.39, 0.29) is 11.8 Å². The van der Waals surface area contributed by atoms with Crippen molar-refractivity contribution in [1.29, 1.82) is 0 Å². The molecule has 1 heterocycles. The predicted octanol–water partition coefficient (Wildman–Crippen LogP) is 1.84. The van der Waals surface area contributed by atoms with Crippen LogP contribution in [0.15, 0.2) is 18.2 Å². The molecule has 1 saturated heterocycles. The number of benzene rings is 1. The molecular weight excluding hydrogens is 343 g/mol. The minimum Gasteiger partial charge on any atom is -0.343 e. The van der Waals surface area contributed by atoms with E-state index >= 15 is 0 Å². The second-order valence-corrected chi connectivity index (χ2v) is 5.71. The van der Waals surface area contributed by atoms with Gasteiger partial charge >= 0.3 is 0 Å². The molecule has 1 N–H and O–H groups in total. The topological polar surface area (TPSA) is 49.4 Å². The largest absolute Gasteiger partial charge is 0.343 e. The van der Waals surface area contributed by atoms with Gasteiger partial charge in [-0.2, -0.15) is 0 Å². The molecule has 0 aliphatic carbocycles. The zero-order valence-electron chi connectivity index (χ0n) is 10.5. The highest BCUT2D eigenvalue weighted by Crippen LogP contribution is 2.25. The highest BCUT2D eigenvalue weighted by Gasteiger charge is 2.36. The monoisotopic (exact) mass is 358 g/mol. The van der Waals surface area contributed by atoms with Crippen LogP contribution in [0.25, 0.3) is 0 Å². The Kier molecular flexibility index (Phi) is 3.61. The summed E-state index contributed by atoms with van der Waals surface area (Å²) < 4.78 is 1.09. The zero-order chi connectivity index (χ0) is 13.4. The van der Waals surface area contributed by atoms with E-state index in [0.717, 1.165) is 14.8 Å². The molecule has 2 amide bonds. The number of carbonyl (C=O) groups is 2. The van der Waals surface area contributed by atoms with Crippen molar-refractivity contribution in [3.63, 3.8) is 0 Å². The van der Waals surface area contributed by atoms with E-state index in [4.69, 9.17) is 0 Å². The van der Waals surface area contributed by atoms with E-state index in [2.05, 4.69) is 27.9 Å². The Bertz CT molecular complexity index is 516. The molecule has 1 aliphatic rings. The number of anilines is 1. The van der Waals surface area contributed by atoms with Crippen molar-refractivity contribution in [3.05, 3.63) is 27.3 Å². The van der Waals surface area contributed by atoms with Crippen LogP contribution in [-0.2, 0) is 9.59 Å². The van der Waals surface area contributed by atoms with Crippen LogP contribution >= 0.6 is 22.6 Å². The summed E-state index contributed by atoms with van der Waals surface area (Å²) in [6.07, 6.45) is 0. The van der Waals surface area contributed by atoms with Crippen molar-refractivity contribution in [2.24, 2.45) is 0 Å². The number of rotatable bonds is 1. The lowest BCUT2D eigenvalue weighted by Crippen LogP contribution is -2.61. The fourth-order valence-electron chi connectivity index (χ4n) is 1.99. The van der Waals surface area contributed by atoms with Gasteiger partial charge in [0.2, 0.25) is 11.8 Å². The van der Waals surface area contributed by atoms with Crippen LogP contribution in [0.3, 0.4) is 0 Å². The summed E-state index contributed by atoms with van der Waals surface area (Å²) >= 11 is 2.23. The molecule has 0 saturated carbocycles. The number of piperazine rings is 1. The normalized spacial score (nSPS) is 24.1. The van der Waals surface area contributed by atoms with Gasteiger partial charge in [0.25, 0.3) is 0 Å². The van der Waals surface area contributed by atoms with Crippen molar-refractivity contribution in [1.82, 2.24) is 5.32 Å². The maximum Gasteiger partial charge on any atom is 0.250 e. The fourth-order valence-corrected chi connectivity index (χ4v) is 2.49. The fraction of sp³-hybridized carbons (Fsp3) is 0.385. The number of aryl methyl sites for hydroxylation is 1. The summed E-state index contributed by atoms with van der Waals surface area (Å²) in [7, 11) is 0. The van der Waals surface area contributed by atoms with E-state index in [1.54, 1.807) is 18.7 Å². The third-order valence-electron chi connectivity index (χ3n) is 3.17. The Morgan fingerprint density at radius 2 is 1.94 bits per heavy atom. The number of nitrogens with one attached hydrogen (secondary N) is 1. The van der Waals surface area contributed by atoms with Gasteiger partial charge in [-0.3, -0.25) is 14.5 Å². The van der Waals surface area contributed by atoms with Crippen molar-refractivity contribution < 1.29 is 9.59 Å². The second-order valence-electron chi connectivity index (χ2n) is 4.55. The molecule has 2 rings (SSSR count). The van der Waals surface area contributed by atoms with E-state index in [9.17, 15) is 9.59 Å². The first-order valence-electron chi connectivity index (χ1n) is 5.81. The molecular formula is C13H15IN2O2. The van der Waals surface area contributed by atoms with Crippen molar-refractivity contribution in [2.45, 2.75) is 32.9 Å². The Morgan fingerprint density at radius 3 is 2.56 bits per heavy atom. The molecule has 0 spiro atoms. The first kappa shape index (κ1) is 13.3. The van der Waals surface area contributed by atoms with E-state index in [1.165, 1.54) is 0 Å². The van der Waals surface area contributed by atoms with Crippen LogP contribution in [0, 0.1) is 10.5 Å². The first-order chi connectivity index (χ1) is 8.41. The van der Waals surface area contributed by atoms with Crippen LogP contribution in [-0.4, -0.2) is 23.9 Å². The van der Waals surface area contributed by atoms with Crippen LogP contribution in [0.4, 0.5) is 5.69 Å². The Labute approximate surface area is 120 Å². The van der Waals surface area contributed by atoms with E-state index in [0.29, 0.717) is 0 Å². The number of amides is 2. The molecule has 2 unspecified atom stereocenters. The number of halogens is 1. The molecule has 1 aliphatic heterocycles. The standard InChI is InChI=1S/C13H15IN2O2/c1-7-4-5-10(6-11(7)14)16-9(3)12(17)15-8(2)13(16)18/h4-6,8-9H,1-3H3,(H,15,17). The van der Waals surface area contributed by atoms with Crippen LogP contribution in [0.1, 0.15) is 19.4 Å². The summed E-state index contributed by atoms with van der Waals surface area (Å²) in [5.41, 5.74) is 1.94. The lowest BCUT2D eigenvalue weighted by atomic mass is 10.1. The molecule has 0 radical (unpaired) electrons. The third kappa shape index (κ3) is 2.23. The third-order valence-corrected chi connectivity index (χ3v) is 4.33. The SMILES string of the molecule is Cc1ccc(N2C(=O)C(C)NC(=O)C2C)cc1I. The van der Waals surface area contributed by atoms with Crippen molar-refractivity contribution in [2.75, 3.05) is 4.90 Å². The molecule has 1 fully saturated rings. The van der Waals surface area contributed by atoms with Gasteiger partial charge in [0.05, 0.1) is 0 Å². The molecule has 0 aromatic heterocycles. The van der Waals surface area contributed by atoms with Gasteiger partial charge in [0.1, 0.15) is 12.1 Å². The summed E-state index contributed by atoms with van der Waals surface area (Å²) in [5.74, 6) is -0.181. The predicted molar refractivity (Wildman–Crippen MR) is 78.4 cm³/mol. The van der Waals surface area contributed by atoms with Crippen LogP contribution < -0.4 is 10.2 Å². The Morgan fingerprint density at radius 1 is 1.28 bits per heavy atom. The molecule has 18 heavy (non-hydrogen) atoms. The Balaban J connectivity index is 2.43. The number of nitrogens with zero attached hydrogens (tertiary/aromatic N) is 1. The maximum atomic E-state index is 12.2. The maximum absolute atomic E-state index is 12.2. The van der Waals surface area contributed by atoms with Gasteiger partial charge in [-0.05, 0) is 61.1 Å². The van der Waals surface area contributed by atoms with Gasteiger partial charge in [0.15, 0.2) is 0 Å². The molecule has 96 valence electrons. The van der Waals surface area contributed by atoms with Gasteiger partial charge in [0, 0.05) is 9.26 Å². The van der Waals surface area contributed by atoms with Crippen LogP contribution in [0.2, 0.25) is 0 Å². The van der Waals surface area contributed by atoms with Gasteiger partial charge in [-0.25, -0.2) is 0 Å². The first-order valence-corrected chi connectivity index (χ1v) is 6.89. The summed E-state index contributed by atoms with van der Waals surface area (Å²) in [4.78, 5) is 25.5. The number of carbonyl (C=O) groups excluding carboxylic acids is 2. The smallest absolute Gasteiger partial charge is 0.250 e. The van der Waals surface area contributed by atoms with Gasteiger partial charge < -0.3 is 5.32 Å². The number of hydrogen-bond acceptors (Lipinski definition) is 2. The van der Waals surface area contributed by atoms with Crippen LogP contribution in [0.5, 0.6) is 0 Å². The minimum absolute atomic E-state index is 0.0678. The van der Waals surface area contributed by atoms with E-state index in [1.807, 2.05) is 25.1 Å². The van der Waals surface area contributed by atoms with E-state index < -0.39 is 12.1 Å². The Hall–Kier alpha value is -1.11. The van der Waals surface area contributed by atoms with Gasteiger partial charge in [-0.15, -0.1) is 0 Å². The summed E-state index contributed by atoms with van der Waals surface area (Å²) in [5, 5.41) is 2.67. The molecule has 5 heteroatoms. The molecule has 0 bridgehead atoms. The lowest BCUT2D eigenvalue weighted by molar-refractivity contribution is -0.133.